The molecule has 1 fully saturated rings. The van der Waals surface area contributed by atoms with Gasteiger partial charge in [-0.25, -0.2) is 0 Å². The van der Waals surface area contributed by atoms with Gasteiger partial charge in [0.05, 0.1) is 25.1 Å². The normalized spacial score (nSPS) is 24.3. The van der Waals surface area contributed by atoms with Crippen LogP contribution >= 0.6 is 0 Å². The zero-order chi connectivity index (χ0) is 28.6. The molecule has 2 amide bonds. The molecule has 39 heavy (non-hydrogen) atoms. The summed E-state index contributed by atoms with van der Waals surface area (Å²) in [5, 5.41) is 26.4. The lowest BCUT2D eigenvalue weighted by Gasteiger charge is -2.49. The second-order valence-corrected chi connectivity index (χ2v) is 11.2. The molecule has 3 atom stereocenters. The molecule has 1 saturated heterocycles. The van der Waals surface area contributed by atoms with Crippen LogP contribution in [0.15, 0.2) is 48.5 Å². The first-order chi connectivity index (χ1) is 18.4. The van der Waals surface area contributed by atoms with Crippen LogP contribution < -0.4 is 15.4 Å². The number of hydrogen-bond donors (Lipinski definition) is 4. The van der Waals surface area contributed by atoms with Crippen molar-refractivity contribution in [1.29, 1.82) is 5.41 Å². The van der Waals surface area contributed by atoms with Gasteiger partial charge in [0.25, 0.3) is 5.91 Å². The maximum atomic E-state index is 13.6. The fourth-order valence-electron chi connectivity index (χ4n) is 5.50. The van der Waals surface area contributed by atoms with Crippen molar-refractivity contribution in [3.05, 3.63) is 65.2 Å². The molecule has 1 unspecified atom stereocenters. The van der Waals surface area contributed by atoms with Crippen molar-refractivity contribution in [2.24, 2.45) is 0 Å². The lowest BCUT2D eigenvalue weighted by atomic mass is 9.75. The van der Waals surface area contributed by atoms with Crippen LogP contribution in [0.1, 0.15) is 87.4 Å². The number of carbonyl (C=O) groups excluding carboxylic acids is 2. The van der Waals surface area contributed by atoms with E-state index in [1.165, 1.54) is 4.90 Å². The molecule has 0 radical (unpaired) electrons. The smallest absolute Gasteiger partial charge is 0.251 e. The van der Waals surface area contributed by atoms with Crippen LogP contribution in [0.2, 0.25) is 0 Å². The van der Waals surface area contributed by atoms with Crippen LogP contribution in [0.4, 0.5) is 0 Å². The molecule has 4 N–H and O–H groups in total. The molecule has 2 aromatic rings. The van der Waals surface area contributed by atoms with Gasteiger partial charge in [0.2, 0.25) is 5.91 Å². The number of nitrogens with one attached hydrogen (secondary N) is 3. The standard InChI is InChI=1S/C30H40N4O5/c1-7-30(8-2)17-24(35)34(27(31)33-30)22(18-38-6)19-12-11-13-20(16-19)26(36)32-25-21-14-9-10-15-23(21)39-28(3,4)29(25,5)37/h9-16,22,25,37H,7-8,17-18H2,1-6H3,(H2,31,33)(H,32,36)/t22?,25-,29+/m1/s1. The maximum Gasteiger partial charge on any atom is 0.251 e. The van der Waals surface area contributed by atoms with E-state index in [0.29, 0.717) is 22.4 Å². The minimum absolute atomic E-state index is 0.0314. The van der Waals surface area contributed by atoms with Crippen LogP contribution in [0, 0.1) is 5.41 Å². The van der Waals surface area contributed by atoms with Gasteiger partial charge >= 0.3 is 0 Å². The minimum atomic E-state index is -1.40. The summed E-state index contributed by atoms with van der Waals surface area (Å²) >= 11 is 0. The average molecular weight is 537 g/mol. The van der Waals surface area contributed by atoms with Crippen molar-refractivity contribution in [1.82, 2.24) is 15.5 Å². The zero-order valence-corrected chi connectivity index (χ0v) is 23.6. The third-order valence-electron chi connectivity index (χ3n) is 8.56. The van der Waals surface area contributed by atoms with Crippen LogP contribution in [0.5, 0.6) is 5.75 Å². The lowest BCUT2D eigenvalue weighted by molar-refractivity contribution is -0.137. The van der Waals surface area contributed by atoms with E-state index in [0.717, 1.165) is 12.8 Å². The Morgan fingerprint density at radius 2 is 1.90 bits per heavy atom. The van der Waals surface area contributed by atoms with Crippen LogP contribution in [-0.4, -0.2) is 58.2 Å². The molecule has 0 saturated carbocycles. The summed E-state index contributed by atoms with van der Waals surface area (Å²) in [6, 6.07) is 13.0. The number of aliphatic hydroxyl groups is 1. The Kier molecular flexibility index (Phi) is 7.78. The number of para-hydroxylation sites is 1. The fourth-order valence-corrected chi connectivity index (χ4v) is 5.50. The van der Waals surface area contributed by atoms with E-state index in [-0.39, 0.29) is 30.8 Å². The lowest BCUT2D eigenvalue weighted by Crippen LogP contribution is -2.62. The Labute approximate surface area is 230 Å². The topological polar surface area (TPSA) is 124 Å². The van der Waals surface area contributed by atoms with Crippen molar-refractivity contribution in [2.75, 3.05) is 13.7 Å². The van der Waals surface area contributed by atoms with E-state index in [9.17, 15) is 14.7 Å². The summed E-state index contributed by atoms with van der Waals surface area (Å²) < 4.78 is 11.5. The highest BCUT2D eigenvalue weighted by atomic mass is 16.5. The van der Waals surface area contributed by atoms with Gasteiger partial charge in [-0.15, -0.1) is 0 Å². The molecule has 4 rings (SSSR count). The molecule has 9 heteroatoms. The number of amides is 2. The quantitative estimate of drug-likeness (QED) is 0.403. The van der Waals surface area contributed by atoms with Crippen molar-refractivity contribution in [2.45, 2.75) is 82.7 Å². The van der Waals surface area contributed by atoms with Crippen LogP contribution in [0.3, 0.4) is 0 Å². The Balaban J connectivity index is 1.63. The highest BCUT2D eigenvalue weighted by molar-refractivity contribution is 6.00. The number of carbonyl (C=O) groups is 2. The highest BCUT2D eigenvalue weighted by Crippen LogP contribution is 2.46. The molecule has 0 bridgehead atoms. The molecule has 2 aliphatic rings. The first kappa shape index (κ1) is 28.6. The van der Waals surface area contributed by atoms with Gasteiger partial charge < -0.3 is 25.2 Å². The summed E-state index contributed by atoms with van der Waals surface area (Å²) in [5.41, 5.74) is -1.07. The molecule has 2 heterocycles. The van der Waals surface area contributed by atoms with Crippen molar-refractivity contribution < 1.29 is 24.2 Å². The molecule has 9 nitrogen and oxygen atoms in total. The van der Waals surface area contributed by atoms with Gasteiger partial charge in [0.1, 0.15) is 17.0 Å². The zero-order valence-electron chi connectivity index (χ0n) is 23.6. The average Bonchev–Trinajstić information content (AvgIpc) is 2.90. The predicted octanol–water partition coefficient (Wildman–Crippen LogP) is 4.08. The van der Waals surface area contributed by atoms with Gasteiger partial charge in [-0.2, -0.15) is 0 Å². The SMILES string of the molecule is CCC1(CC)CC(=O)N(C(COC)c2cccc(C(=O)N[C@@H]3c4ccccc4OC(C)(C)[C@@]3(C)O)c2)C(=N)N1. The third kappa shape index (κ3) is 5.13. The molecule has 0 spiro atoms. The predicted molar refractivity (Wildman–Crippen MR) is 149 cm³/mol. The van der Waals surface area contributed by atoms with E-state index in [2.05, 4.69) is 10.6 Å². The first-order valence-electron chi connectivity index (χ1n) is 13.5. The number of benzene rings is 2. The second kappa shape index (κ2) is 10.6. The fraction of sp³-hybridized carbons (Fsp3) is 0.500. The summed E-state index contributed by atoms with van der Waals surface area (Å²) in [6.07, 6.45) is 1.73. The molecule has 0 aliphatic carbocycles. The molecule has 0 aromatic heterocycles. The summed E-state index contributed by atoms with van der Waals surface area (Å²) in [5.74, 6) is 0.110. The van der Waals surface area contributed by atoms with Gasteiger partial charge in [0, 0.05) is 23.8 Å². The van der Waals surface area contributed by atoms with E-state index >= 15 is 0 Å². The summed E-state index contributed by atoms with van der Waals surface area (Å²) in [7, 11) is 1.55. The Bertz CT molecular complexity index is 1230. The van der Waals surface area contributed by atoms with E-state index in [1.807, 2.05) is 44.2 Å². The van der Waals surface area contributed by atoms with Crippen LogP contribution in [0.25, 0.3) is 0 Å². The summed E-state index contributed by atoms with van der Waals surface area (Å²) in [6.45, 7) is 9.42. The molecular formula is C30H40N4O5. The highest BCUT2D eigenvalue weighted by Gasteiger charge is 2.53. The first-order valence-corrected chi connectivity index (χ1v) is 13.5. The molecule has 2 aromatic carbocycles. The Morgan fingerprint density at radius 3 is 2.54 bits per heavy atom. The largest absolute Gasteiger partial charge is 0.484 e. The number of hydrogen-bond acceptors (Lipinski definition) is 6. The maximum absolute atomic E-state index is 13.6. The van der Waals surface area contributed by atoms with Crippen molar-refractivity contribution in [3.8, 4) is 5.75 Å². The third-order valence-corrected chi connectivity index (χ3v) is 8.56. The number of methoxy groups -OCH3 is 1. The second-order valence-electron chi connectivity index (χ2n) is 11.2. The Morgan fingerprint density at radius 1 is 1.21 bits per heavy atom. The van der Waals surface area contributed by atoms with Crippen LogP contribution in [-0.2, 0) is 9.53 Å². The summed E-state index contributed by atoms with van der Waals surface area (Å²) in [4.78, 5) is 28.3. The van der Waals surface area contributed by atoms with E-state index in [4.69, 9.17) is 14.9 Å². The monoisotopic (exact) mass is 536 g/mol. The molecule has 210 valence electrons. The van der Waals surface area contributed by atoms with Gasteiger partial charge in [-0.3, -0.25) is 19.9 Å². The number of rotatable bonds is 8. The molecular weight excluding hydrogens is 496 g/mol. The molecule has 2 aliphatic heterocycles. The number of fused-ring (bicyclic) bond motifs is 1. The van der Waals surface area contributed by atoms with Gasteiger partial charge in [-0.1, -0.05) is 44.2 Å². The van der Waals surface area contributed by atoms with E-state index < -0.39 is 28.8 Å². The minimum Gasteiger partial charge on any atom is -0.484 e. The van der Waals surface area contributed by atoms with Crippen molar-refractivity contribution in [3.63, 3.8) is 0 Å². The van der Waals surface area contributed by atoms with Gasteiger partial charge in [-0.05, 0) is 57.4 Å². The van der Waals surface area contributed by atoms with Gasteiger partial charge in [0.15, 0.2) is 5.96 Å². The van der Waals surface area contributed by atoms with E-state index in [1.54, 1.807) is 46.1 Å². The number of nitrogens with zero attached hydrogens (tertiary/aromatic N) is 1. The Hall–Kier alpha value is -3.43. The van der Waals surface area contributed by atoms with Crippen molar-refractivity contribution >= 4 is 17.8 Å². The number of guanidine groups is 1. The number of ether oxygens (including phenoxy) is 2.